The van der Waals surface area contributed by atoms with Crippen molar-refractivity contribution in [3.63, 3.8) is 0 Å². The third kappa shape index (κ3) is 5.91. The Morgan fingerprint density at radius 3 is 2.38 bits per heavy atom. The fourth-order valence-electron chi connectivity index (χ4n) is 1.78. The summed E-state index contributed by atoms with van der Waals surface area (Å²) in [5, 5.41) is 13.4. The Hall–Kier alpha value is -1.30. The molecule has 5 nitrogen and oxygen atoms in total. The maximum absolute atomic E-state index is 12.1. The van der Waals surface area contributed by atoms with Crippen LogP contribution in [0.3, 0.4) is 0 Å². The van der Waals surface area contributed by atoms with Gasteiger partial charge in [-0.3, -0.25) is 9.59 Å². The number of carbonyl (C=O) groups excluding carboxylic acids is 2. The van der Waals surface area contributed by atoms with Crippen LogP contribution in [0.1, 0.15) is 25.0 Å². The zero-order valence-electron chi connectivity index (χ0n) is 11.9. The van der Waals surface area contributed by atoms with E-state index in [2.05, 4.69) is 5.32 Å². The van der Waals surface area contributed by atoms with Gasteiger partial charge in [0.05, 0.1) is 0 Å². The maximum Gasteiger partial charge on any atom is 0.255 e. The number of benzene rings is 1. The van der Waals surface area contributed by atoms with E-state index in [0.29, 0.717) is 35.1 Å². The Bertz CT molecular complexity index is 503. The van der Waals surface area contributed by atoms with E-state index in [1.165, 1.54) is 30.0 Å². The second kappa shape index (κ2) is 8.22. The quantitative estimate of drug-likeness (QED) is 0.783. The van der Waals surface area contributed by atoms with Gasteiger partial charge in [0, 0.05) is 37.1 Å². The molecule has 0 heterocycles. The van der Waals surface area contributed by atoms with Crippen LogP contribution in [-0.2, 0) is 9.59 Å². The standard InChI is InChI=1S/C14H18Cl2N2O3/c1-9(19)17-4-3-5-18(2)14(21)13(20)10-6-11(15)8-12(16)7-10/h6-8,13,20H,3-5H2,1-2H3,(H,17,19). The molecule has 2 N–H and O–H groups in total. The molecule has 2 amide bonds. The predicted octanol–water partition coefficient (Wildman–Crippen LogP) is 2.01. The molecular formula is C14H18Cl2N2O3. The van der Waals surface area contributed by atoms with Gasteiger partial charge in [-0.2, -0.15) is 0 Å². The van der Waals surface area contributed by atoms with Crippen molar-refractivity contribution in [2.75, 3.05) is 20.1 Å². The van der Waals surface area contributed by atoms with E-state index < -0.39 is 12.0 Å². The maximum atomic E-state index is 12.1. The molecule has 0 spiro atoms. The minimum absolute atomic E-state index is 0.113. The number of halogens is 2. The van der Waals surface area contributed by atoms with Crippen molar-refractivity contribution in [1.82, 2.24) is 10.2 Å². The predicted molar refractivity (Wildman–Crippen MR) is 82.4 cm³/mol. The Labute approximate surface area is 133 Å². The van der Waals surface area contributed by atoms with Gasteiger partial charge in [0.1, 0.15) is 0 Å². The highest BCUT2D eigenvalue weighted by molar-refractivity contribution is 6.34. The van der Waals surface area contributed by atoms with Crippen molar-refractivity contribution in [1.29, 1.82) is 0 Å². The molecule has 7 heteroatoms. The molecule has 0 radical (unpaired) electrons. The first-order valence-electron chi connectivity index (χ1n) is 6.44. The first kappa shape index (κ1) is 17.8. The normalized spacial score (nSPS) is 11.9. The number of hydrogen-bond acceptors (Lipinski definition) is 3. The molecule has 1 rings (SSSR count). The van der Waals surface area contributed by atoms with Gasteiger partial charge in [-0.25, -0.2) is 0 Å². The van der Waals surface area contributed by atoms with E-state index in [1.807, 2.05) is 0 Å². The molecule has 1 aromatic rings. The summed E-state index contributed by atoms with van der Waals surface area (Å²) in [4.78, 5) is 24.2. The average Bonchev–Trinajstić information content (AvgIpc) is 2.40. The SMILES string of the molecule is CC(=O)NCCCN(C)C(=O)C(O)c1cc(Cl)cc(Cl)c1. The lowest BCUT2D eigenvalue weighted by atomic mass is 10.1. The number of nitrogens with zero attached hydrogens (tertiary/aromatic N) is 1. The van der Waals surface area contributed by atoms with E-state index in [0.717, 1.165) is 0 Å². The molecule has 0 aromatic heterocycles. The van der Waals surface area contributed by atoms with Crippen molar-refractivity contribution in [3.05, 3.63) is 33.8 Å². The fourth-order valence-corrected chi connectivity index (χ4v) is 2.32. The van der Waals surface area contributed by atoms with Crippen LogP contribution in [0.25, 0.3) is 0 Å². The summed E-state index contributed by atoms with van der Waals surface area (Å²) in [7, 11) is 1.59. The lowest BCUT2D eigenvalue weighted by Crippen LogP contribution is -2.34. The van der Waals surface area contributed by atoms with Gasteiger partial charge in [0.15, 0.2) is 6.10 Å². The van der Waals surface area contributed by atoms with E-state index in [-0.39, 0.29) is 5.91 Å². The van der Waals surface area contributed by atoms with Crippen LogP contribution in [0.5, 0.6) is 0 Å². The summed E-state index contributed by atoms with van der Waals surface area (Å²) in [6.07, 6.45) is -0.711. The first-order chi connectivity index (χ1) is 9.81. The van der Waals surface area contributed by atoms with Crippen LogP contribution in [0.15, 0.2) is 18.2 Å². The number of hydrogen-bond donors (Lipinski definition) is 2. The topological polar surface area (TPSA) is 69.6 Å². The van der Waals surface area contributed by atoms with Gasteiger partial charge in [-0.05, 0) is 30.2 Å². The number of likely N-dealkylation sites (N-methyl/N-ethyl adjacent to an activating group) is 1. The fraction of sp³-hybridized carbons (Fsp3) is 0.429. The lowest BCUT2D eigenvalue weighted by Gasteiger charge is -2.21. The summed E-state index contributed by atoms with van der Waals surface area (Å²) in [6.45, 7) is 2.33. The van der Waals surface area contributed by atoms with Crippen molar-refractivity contribution < 1.29 is 14.7 Å². The molecule has 21 heavy (non-hydrogen) atoms. The number of carbonyl (C=O) groups is 2. The Balaban J connectivity index is 2.58. The highest BCUT2D eigenvalue weighted by Gasteiger charge is 2.21. The zero-order valence-corrected chi connectivity index (χ0v) is 13.4. The molecule has 116 valence electrons. The number of rotatable bonds is 6. The summed E-state index contributed by atoms with van der Waals surface area (Å²) in [6, 6.07) is 4.53. The van der Waals surface area contributed by atoms with Gasteiger partial charge in [0.25, 0.3) is 5.91 Å². The molecule has 1 atom stereocenters. The third-order valence-electron chi connectivity index (χ3n) is 2.86. The molecule has 0 aliphatic heterocycles. The van der Waals surface area contributed by atoms with Crippen LogP contribution in [0.2, 0.25) is 10.0 Å². The van der Waals surface area contributed by atoms with Gasteiger partial charge in [-0.1, -0.05) is 23.2 Å². The number of amides is 2. The van der Waals surface area contributed by atoms with Crippen molar-refractivity contribution >= 4 is 35.0 Å². The van der Waals surface area contributed by atoms with Crippen LogP contribution < -0.4 is 5.32 Å². The highest BCUT2D eigenvalue weighted by atomic mass is 35.5. The van der Waals surface area contributed by atoms with Crippen molar-refractivity contribution in [2.45, 2.75) is 19.4 Å². The largest absolute Gasteiger partial charge is 0.378 e. The first-order valence-corrected chi connectivity index (χ1v) is 7.20. The molecule has 0 saturated carbocycles. The van der Waals surface area contributed by atoms with Crippen LogP contribution in [0, 0.1) is 0 Å². The van der Waals surface area contributed by atoms with Crippen LogP contribution in [0.4, 0.5) is 0 Å². The summed E-state index contributed by atoms with van der Waals surface area (Å²) < 4.78 is 0. The lowest BCUT2D eigenvalue weighted by molar-refractivity contribution is -0.139. The van der Waals surface area contributed by atoms with E-state index in [9.17, 15) is 14.7 Å². The van der Waals surface area contributed by atoms with E-state index in [1.54, 1.807) is 7.05 Å². The zero-order chi connectivity index (χ0) is 16.0. The number of nitrogens with one attached hydrogen (secondary N) is 1. The van der Waals surface area contributed by atoms with Gasteiger partial charge < -0.3 is 15.3 Å². The van der Waals surface area contributed by atoms with E-state index >= 15 is 0 Å². The molecule has 1 aromatic carbocycles. The molecule has 0 saturated heterocycles. The van der Waals surface area contributed by atoms with E-state index in [4.69, 9.17) is 23.2 Å². The summed E-state index contributed by atoms with van der Waals surface area (Å²) in [5.74, 6) is -0.561. The highest BCUT2D eigenvalue weighted by Crippen LogP contribution is 2.24. The minimum atomic E-state index is -1.31. The minimum Gasteiger partial charge on any atom is -0.378 e. The van der Waals surface area contributed by atoms with Crippen molar-refractivity contribution in [2.24, 2.45) is 0 Å². The van der Waals surface area contributed by atoms with Crippen molar-refractivity contribution in [3.8, 4) is 0 Å². The molecule has 0 fully saturated rings. The monoisotopic (exact) mass is 332 g/mol. The van der Waals surface area contributed by atoms with Gasteiger partial charge in [-0.15, -0.1) is 0 Å². The molecule has 0 bridgehead atoms. The third-order valence-corrected chi connectivity index (χ3v) is 3.29. The molecule has 0 aliphatic carbocycles. The summed E-state index contributed by atoms with van der Waals surface area (Å²) >= 11 is 11.7. The Kier molecular flexibility index (Phi) is 6.95. The summed E-state index contributed by atoms with van der Waals surface area (Å²) in [5.41, 5.74) is 0.353. The second-order valence-corrected chi connectivity index (χ2v) is 5.57. The van der Waals surface area contributed by atoms with Crippen LogP contribution >= 0.6 is 23.2 Å². The van der Waals surface area contributed by atoms with Gasteiger partial charge in [0.2, 0.25) is 5.91 Å². The number of aliphatic hydroxyl groups excluding tert-OH is 1. The average molecular weight is 333 g/mol. The molecular weight excluding hydrogens is 315 g/mol. The van der Waals surface area contributed by atoms with Gasteiger partial charge >= 0.3 is 0 Å². The molecule has 1 unspecified atom stereocenters. The molecule has 0 aliphatic rings. The number of aliphatic hydroxyl groups is 1. The Morgan fingerprint density at radius 1 is 1.29 bits per heavy atom. The Morgan fingerprint density at radius 2 is 1.86 bits per heavy atom. The van der Waals surface area contributed by atoms with Crippen LogP contribution in [-0.4, -0.2) is 42.0 Å². The smallest absolute Gasteiger partial charge is 0.255 e. The second-order valence-electron chi connectivity index (χ2n) is 4.70.